The van der Waals surface area contributed by atoms with Crippen molar-refractivity contribution in [3.8, 4) is 23.1 Å². The molecule has 0 saturated heterocycles. The van der Waals surface area contributed by atoms with Crippen LogP contribution in [0.4, 0.5) is 0 Å². The fourth-order valence-corrected chi connectivity index (χ4v) is 4.06. The van der Waals surface area contributed by atoms with Gasteiger partial charge in [-0.25, -0.2) is 4.68 Å². The Balaban J connectivity index is 1.68. The Labute approximate surface area is 212 Å². The molecule has 4 rings (SSSR count). The van der Waals surface area contributed by atoms with E-state index < -0.39 is 6.10 Å². The molecule has 7 heteroatoms. The first-order valence-corrected chi connectivity index (χ1v) is 12.1. The highest BCUT2D eigenvalue weighted by Crippen LogP contribution is 2.32. The number of aromatic nitrogens is 2. The van der Waals surface area contributed by atoms with E-state index in [0.29, 0.717) is 37.7 Å². The van der Waals surface area contributed by atoms with Crippen LogP contribution in [0.3, 0.4) is 0 Å². The largest absolute Gasteiger partial charge is 0.497 e. The Morgan fingerprint density at radius 1 is 1.06 bits per heavy atom. The molecule has 1 atom stereocenters. The minimum Gasteiger partial charge on any atom is -0.497 e. The number of methoxy groups -OCH3 is 1. The molecule has 0 aliphatic heterocycles. The normalized spacial score (nSPS) is 12.0. The van der Waals surface area contributed by atoms with Crippen LogP contribution in [0.2, 0.25) is 0 Å². The Bertz CT molecular complexity index is 1220. The van der Waals surface area contributed by atoms with E-state index in [1.807, 2.05) is 84.4 Å². The summed E-state index contributed by atoms with van der Waals surface area (Å²) in [5.41, 5.74) is 2.70. The number of hydrogen-bond donors (Lipinski definition) is 1. The Morgan fingerprint density at radius 3 is 2.47 bits per heavy atom. The number of aryl methyl sites for hydroxylation is 1. The first-order chi connectivity index (χ1) is 17.6. The number of ether oxygens (including phenoxy) is 2. The average molecular weight is 488 g/mol. The second-order valence-electron chi connectivity index (χ2n) is 8.66. The number of furan rings is 1. The molecule has 0 amide bonds. The van der Waals surface area contributed by atoms with Gasteiger partial charge in [-0.2, -0.15) is 5.10 Å². The van der Waals surface area contributed by atoms with Gasteiger partial charge in [-0.1, -0.05) is 24.3 Å². The lowest BCUT2D eigenvalue weighted by molar-refractivity contribution is 0.0939. The van der Waals surface area contributed by atoms with Crippen molar-refractivity contribution in [3.63, 3.8) is 0 Å². The second-order valence-corrected chi connectivity index (χ2v) is 8.66. The third kappa shape index (κ3) is 6.44. The van der Waals surface area contributed by atoms with E-state index in [1.54, 1.807) is 13.4 Å². The number of benzene rings is 2. The number of rotatable bonds is 13. The zero-order valence-corrected chi connectivity index (χ0v) is 20.8. The van der Waals surface area contributed by atoms with Crippen LogP contribution < -0.4 is 9.47 Å². The Morgan fingerprint density at radius 2 is 1.81 bits per heavy atom. The van der Waals surface area contributed by atoms with Crippen LogP contribution in [0.15, 0.2) is 90.1 Å². The monoisotopic (exact) mass is 487 g/mol. The maximum Gasteiger partial charge on any atom is 0.227 e. The molecule has 1 N–H and O–H groups in total. The summed E-state index contributed by atoms with van der Waals surface area (Å²) >= 11 is 0. The van der Waals surface area contributed by atoms with Gasteiger partial charge in [-0.3, -0.25) is 4.90 Å². The fourth-order valence-electron chi connectivity index (χ4n) is 4.06. The van der Waals surface area contributed by atoms with Crippen molar-refractivity contribution in [2.45, 2.75) is 39.0 Å². The summed E-state index contributed by atoms with van der Waals surface area (Å²) in [4.78, 5) is 2.16. The molecule has 0 aliphatic carbocycles. The summed E-state index contributed by atoms with van der Waals surface area (Å²) in [5.74, 6) is 2.90. The smallest absolute Gasteiger partial charge is 0.227 e. The molecule has 0 saturated carbocycles. The predicted octanol–water partition coefficient (Wildman–Crippen LogP) is 5.90. The lowest BCUT2D eigenvalue weighted by Crippen LogP contribution is -2.32. The molecular formula is C29H33N3O4. The minimum atomic E-state index is -0.492. The van der Waals surface area contributed by atoms with Gasteiger partial charge >= 0.3 is 0 Å². The Hall–Kier alpha value is -3.81. The Kier molecular flexibility index (Phi) is 8.60. The van der Waals surface area contributed by atoms with E-state index >= 15 is 0 Å². The van der Waals surface area contributed by atoms with Crippen LogP contribution >= 0.6 is 0 Å². The van der Waals surface area contributed by atoms with Crippen LogP contribution in [0.1, 0.15) is 29.9 Å². The summed E-state index contributed by atoms with van der Waals surface area (Å²) in [6.07, 6.45) is 4.41. The molecule has 2 aromatic carbocycles. The zero-order valence-electron chi connectivity index (χ0n) is 20.8. The summed E-state index contributed by atoms with van der Waals surface area (Å²) in [5, 5.41) is 15.5. The van der Waals surface area contributed by atoms with Crippen LogP contribution in [0.25, 0.3) is 5.69 Å². The average Bonchev–Trinajstić information content (AvgIpc) is 3.52. The number of hydrogen-bond acceptors (Lipinski definition) is 6. The predicted molar refractivity (Wildman–Crippen MR) is 140 cm³/mol. The SMILES string of the molecule is C=CCC[C@@H](O)CN(Cc1ccco1)Cc1c(C)nn(-c2ccccc2)c1Oc1ccc(OC)cc1. The van der Waals surface area contributed by atoms with E-state index in [-0.39, 0.29) is 0 Å². The quantitative estimate of drug-likeness (QED) is 0.237. The molecule has 188 valence electrons. The molecule has 7 nitrogen and oxygen atoms in total. The number of aliphatic hydroxyl groups excluding tert-OH is 1. The summed E-state index contributed by atoms with van der Waals surface area (Å²) in [6, 6.07) is 21.2. The van der Waals surface area contributed by atoms with Crippen LogP contribution in [0, 0.1) is 6.92 Å². The molecule has 36 heavy (non-hydrogen) atoms. The van der Waals surface area contributed by atoms with E-state index in [9.17, 15) is 5.11 Å². The highest BCUT2D eigenvalue weighted by atomic mass is 16.5. The summed E-state index contributed by atoms with van der Waals surface area (Å²) < 4.78 is 19.2. The van der Waals surface area contributed by atoms with Crippen molar-refractivity contribution in [3.05, 3.63) is 103 Å². The molecule has 0 bridgehead atoms. The first-order valence-electron chi connectivity index (χ1n) is 12.1. The molecule has 0 unspecified atom stereocenters. The maximum absolute atomic E-state index is 10.7. The molecule has 2 heterocycles. The molecule has 2 aromatic heterocycles. The van der Waals surface area contributed by atoms with E-state index in [1.165, 1.54) is 0 Å². The summed E-state index contributed by atoms with van der Waals surface area (Å²) in [6.45, 7) is 7.31. The topological polar surface area (TPSA) is 72.9 Å². The molecule has 0 radical (unpaired) electrons. The number of aliphatic hydroxyl groups is 1. The van der Waals surface area contributed by atoms with Crippen molar-refractivity contribution in [1.82, 2.24) is 14.7 Å². The van der Waals surface area contributed by atoms with E-state index in [4.69, 9.17) is 19.0 Å². The van der Waals surface area contributed by atoms with Gasteiger partial charge in [0.2, 0.25) is 5.88 Å². The standard InChI is InChI=1S/C29H33N3O4/c1-4-5-12-24(33)19-31(20-27-13-9-18-35-27)21-28-22(2)30-32(23-10-7-6-8-11-23)29(28)36-26-16-14-25(34-3)15-17-26/h4,6-11,13-18,24,33H,1,5,12,19-21H2,2-3H3/t24-/m1/s1. The van der Waals surface area contributed by atoms with Crippen LogP contribution in [-0.2, 0) is 13.1 Å². The summed E-state index contributed by atoms with van der Waals surface area (Å²) in [7, 11) is 1.64. The molecule has 0 fully saturated rings. The second kappa shape index (κ2) is 12.2. The number of nitrogens with zero attached hydrogens (tertiary/aromatic N) is 3. The van der Waals surface area contributed by atoms with Gasteiger partial charge in [0.05, 0.1) is 43.0 Å². The van der Waals surface area contributed by atoms with Gasteiger partial charge in [0.1, 0.15) is 17.3 Å². The molecule has 4 aromatic rings. The van der Waals surface area contributed by atoms with E-state index in [0.717, 1.165) is 34.9 Å². The van der Waals surface area contributed by atoms with Crippen molar-refractivity contribution in [1.29, 1.82) is 0 Å². The van der Waals surface area contributed by atoms with Crippen molar-refractivity contribution in [2.24, 2.45) is 0 Å². The number of allylic oxidation sites excluding steroid dienone is 1. The zero-order chi connectivity index (χ0) is 25.3. The maximum atomic E-state index is 10.7. The van der Waals surface area contributed by atoms with Gasteiger partial charge in [-0.05, 0) is 68.3 Å². The lowest BCUT2D eigenvalue weighted by Gasteiger charge is -2.24. The third-order valence-corrected chi connectivity index (χ3v) is 5.93. The van der Waals surface area contributed by atoms with Crippen molar-refractivity contribution >= 4 is 0 Å². The van der Waals surface area contributed by atoms with E-state index in [2.05, 4.69) is 11.5 Å². The molecule has 0 spiro atoms. The minimum absolute atomic E-state index is 0.479. The highest BCUT2D eigenvalue weighted by molar-refractivity contribution is 5.44. The number of para-hydroxylation sites is 1. The van der Waals surface area contributed by atoms with Crippen molar-refractivity contribution < 1.29 is 19.0 Å². The van der Waals surface area contributed by atoms with Gasteiger partial charge in [-0.15, -0.1) is 6.58 Å². The lowest BCUT2D eigenvalue weighted by atomic mass is 10.1. The first kappa shape index (κ1) is 25.3. The fraction of sp³-hybridized carbons (Fsp3) is 0.276. The van der Waals surface area contributed by atoms with Crippen molar-refractivity contribution in [2.75, 3.05) is 13.7 Å². The molecule has 0 aliphatic rings. The van der Waals surface area contributed by atoms with Gasteiger partial charge < -0.3 is 19.0 Å². The van der Waals surface area contributed by atoms with Crippen LogP contribution in [-0.4, -0.2) is 39.5 Å². The highest BCUT2D eigenvalue weighted by Gasteiger charge is 2.23. The van der Waals surface area contributed by atoms with Crippen LogP contribution in [0.5, 0.6) is 17.4 Å². The van der Waals surface area contributed by atoms with Gasteiger partial charge in [0.15, 0.2) is 0 Å². The third-order valence-electron chi connectivity index (χ3n) is 5.93. The van der Waals surface area contributed by atoms with Gasteiger partial charge in [0, 0.05) is 13.1 Å². The molecular weight excluding hydrogens is 454 g/mol. The van der Waals surface area contributed by atoms with Gasteiger partial charge in [0.25, 0.3) is 0 Å².